The van der Waals surface area contributed by atoms with Gasteiger partial charge in [0.05, 0.1) is 10.2 Å². The predicted octanol–water partition coefficient (Wildman–Crippen LogP) is 2.97. The number of rotatable bonds is 3. The van der Waals surface area contributed by atoms with Crippen molar-refractivity contribution in [2.75, 3.05) is 6.61 Å². The fourth-order valence-corrected chi connectivity index (χ4v) is 3.82. The van der Waals surface area contributed by atoms with E-state index in [-0.39, 0.29) is 4.87 Å². The number of aromatic nitrogens is 1. The summed E-state index contributed by atoms with van der Waals surface area (Å²) in [4.78, 5) is 14.2. The van der Waals surface area contributed by atoms with Crippen LogP contribution in [0.4, 0.5) is 0 Å². The molecular weight excluding hydrogens is 274 g/mol. The zero-order chi connectivity index (χ0) is 14.2. The number of hydrogen-bond donors (Lipinski definition) is 2. The third-order valence-corrected chi connectivity index (χ3v) is 4.94. The van der Waals surface area contributed by atoms with Crippen molar-refractivity contribution in [2.24, 2.45) is 0 Å². The van der Waals surface area contributed by atoms with Crippen molar-refractivity contribution < 1.29 is 9.84 Å². The molecule has 3 rings (SSSR count). The van der Waals surface area contributed by atoms with Crippen LogP contribution in [0, 0.1) is 0 Å². The first-order valence-electron chi connectivity index (χ1n) is 7.09. The van der Waals surface area contributed by atoms with Crippen molar-refractivity contribution >= 4 is 21.6 Å². The van der Waals surface area contributed by atoms with Crippen molar-refractivity contribution in [3.05, 3.63) is 33.4 Å². The van der Waals surface area contributed by atoms with E-state index in [0.29, 0.717) is 25.4 Å². The first-order chi connectivity index (χ1) is 9.59. The zero-order valence-corrected chi connectivity index (χ0v) is 12.3. The number of H-pyrrole nitrogens is 1. The number of thiazole rings is 1. The minimum absolute atomic E-state index is 0.00786. The highest BCUT2D eigenvalue weighted by Crippen LogP contribution is 2.39. The summed E-state index contributed by atoms with van der Waals surface area (Å²) in [6.45, 7) is 2.45. The average molecular weight is 293 g/mol. The summed E-state index contributed by atoms with van der Waals surface area (Å²) in [6.07, 6.45) is 3.18. The molecule has 1 aliphatic carbocycles. The fourth-order valence-electron chi connectivity index (χ4n) is 3.03. The van der Waals surface area contributed by atoms with Crippen molar-refractivity contribution in [2.45, 2.75) is 44.3 Å². The predicted molar refractivity (Wildman–Crippen MR) is 80.2 cm³/mol. The molecule has 2 aromatic rings. The first kappa shape index (κ1) is 13.8. The van der Waals surface area contributed by atoms with Crippen LogP contribution < -0.4 is 4.87 Å². The monoisotopic (exact) mass is 293 g/mol. The number of ether oxygens (including phenoxy) is 1. The average Bonchev–Trinajstić information content (AvgIpc) is 2.78. The van der Waals surface area contributed by atoms with Crippen LogP contribution in [0.5, 0.6) is 0 Å². The maximum absolute atomic E-state index is 11.3. The lowest BCUT2D eigenvalue weighted by Gasteiger charge is -2.35. The van der Waals surface area contributed by atoms with Gasteiger partial charge in [-0.2, -0.15) is 0 Å². The number of aromatic amines is 1. The summed E-state index contributed by atoms with van der Waals surface area (Å²) in [6, 6.07) is 6.17. The third kappa shape index (κ3) is 2.66. The van der Waals surface area contributed by atoms with E-state index in [4.69, 9.17) is 4.74 Å². The highest BCUT2D eigenvalue weighted by atomic mass is 32.1. The second-order valence-corrected chi connectivity index (χ2v) is 6.44. The van der Waals surface area contributed by atoms with Gasteiger partial charge < -0.3 is 14.8 Å². The van der Waals surface area contributed by atoms with Gasteiger partial charge >= 0.3 is 4.87 Å². The lowest BCUT2D eigenvalue weighted by atomic mass is 9.81. The Morgan fingerprint density at radius 2 is 2.20 bits per heavy atom. The lowest BCUT2D eigenvalue weighted by molar-refractivity contribution is -0.219. The van der Waals surface area contributed by atoms with Crippen LogP contribution in [0.1, 0.15) is 44.1 Å². The Morgan fingerprint density at radius 3 is 2.90 bits per heavy atom. The van der Waals surface area contributed by atoms with Crippen molar-refractivity contribution in [3.63, 3.8) is 0 Å². The highest BCUT2D eigenvalue weighted by molar-refractivity contribution is 7.16. The van der Waals surface area contributed by atoms with Gasteiger partial charge in [0.1, 0.15) is 0 Å². The summed E-state index contributed by atoms with van der Waals surface area (Å²) < 4.78 is 6.45. The first-order valence-corrected chi connectivity index (χ1v) is 7.90. The second-order valence-electron chi connectivity index (χ2n) is 5.42. The van der Waals surface area contributed by atoms with Gasteiger partial charge in [0.2, 0.25) is 0 Å². The molecule has 1 fully saturated rings. The van der Waals surface area contributed by atoms with Gasteiger partial charge in [-0.3, -0.25) is 4.79 Å². The lowest BCUT2D eigenvalue weighted by Crippen LogP contribution is -2.36. The van der Waals surface area contributed by atoms with E-state index in [9.17, 15) is 9.90 Å². The Morgan fingerprint density at radius 1 is 1.45 bits per heavy atom. The molecule has 0 spiro atoms. The molecular formula is C15H19NO3S. The molecule has 1 saturated carbocycles. The SMILES string of the molecule is CCOC1(O)CCC(c2ccc3[nH]c(=O)sc3c2)CC1. The minimum atomic E-state index is -0.936. The fraction of sp³-hybridized carbons (Fsp3) is 0.533. The molecule has 0 saturated heterocycles. The number of nitrogens with one attached hydrogen (secondary N) is 1. The zero-order valence-electron chi connectivity index (χ0n) is 11.5. The number of aliphatic hydroxyl groups is 1. The molecule has 108 valence electrons. The summed E-state index contributed by atoms with van der Waals surface area (Å²) in [5, 5.41) is 10.2. The van der Waals surface area contributed by atoms with Crippen molar-refractivity contribution in [3.8, 4) is 0 Å². The third-order valence-electron chi connectivity index (χ3n) is 4.10. The molecule has 0 radical (unpaired) electrons. The van der Waals surface area contributed by atoms with Crippen LogP contribution in [-0.2, 0) is 4.74 Å². The molecule has 0 unspecified atom stereocenters. The molecule has 4 nitrogen and oxygen atoms in total. The topological polar surface area (TPSA) is 62.3 Å². The summed E-state index contributed by atoms with van der Waals surface area (Å²) in [5.74, 6) is -0.494. The van der Waals surface area contributed by atoms with Gasteiger partial charge in [0.15, 0.2) is 5.79 Å². The Hall–Kier alpha value is -1.17. The molecule has 1 aromatic carbocycles. The molecule has 1 heterocycles. The molecule has 1 aromatic heterocycles. The Bertz CT molecular complexity index is 652. The molecule has 0 amide bonds. The maximum Gasteiger partial charge on any atom is 0.305 e. The van der Waals surface area contributed by atoms with E-state index < -0.39 is 5.79 Å². The standard InChI is InChI=1S/C15H19NO3S/c1-2-19-15(18)7-5-10(6-8-15)11-3-4-12-13(9-11)20-14(17)16-12/h3-4,9-10,18H,2,5-8H2,1H3,(H,16,17). The highest BCUT2D eigenvalue weighted by Gasteiger charge is 2.34. The van der Waals surface area contributed by atoms with Gasteiger partial charge in [0.25, 0.3) is 0 Å². The van der Waals surface area contributed by atoms with Crippen LogP contribution >= 0.6 is 11.3 Å². The quantitative estimate of drug-likeness (QED) is 0.855. The molecule has 5 heteroatoms. The van der Waals surface area contributed by atoms with Crippen molar-refractivity contribution in [1.82, 2.24) is 4.98 Å². The second kappa shape index (κ2) is 5.31. The smallest absolute Gasteiger partial charge is 0.305 e. The van der Waals surface area contributed by atoms with Crippen LogP contribution in [0.2, 0.25) is 0 Å². The van der Waals surface area contributed by atoms with E-state index in [1.807, 2.05) is 13.0 Å². The number of benzene rings is 1. The molecule has 1 aliphatic rings. The van der Waals surface area contributed by atoms with Crippen molar-refractivity contribution in [1.29, 1.82) is 0 Å². The van der Waals surface area contributed by atoms with Crippen LogP contribution in [-0.4, -0.2) is 22.5 Å². The van der Waals surface area contributed by atoms with Gasteiger partial charge in [-0.05, 0) is 43.4 Å². The summed E-state index contributed by atoms with van der Waals surface area (Å²) >= 11 is 1.25. The minimum Gasteiger partial charge on any atom is -0.365 e. The molecule has 20 heavy (non-hydrogen) atoms. The number of fused-ring (bicyclic) bond motifs is 1. The van der Waals surface area contributed by atoms with Crippen LogP contribution in [0.15, 0.2) is 23.0 Å². The number of hydrogen-bond acceptors (Lipinski definition) is 4. The van der Waals surface area contributed by atoms with Gasteiger partial charge in [-0.15, -0.1) is 0 Å². The molecule has 0 atom stereocenters. The van der Waals surface area contributed by atoms with E-state index in [1.54, 1.807) is 0 Å². The summed E-state index contributed by atoms with van der Waals surface area (Å²) in [5.41, 5.74) is 2.16. The van der Waals surface area contributed by atoms with E-state index in [0.717, 1.165) is 23.1 Å². The molecule has 0 bridgehead atoms. The van der Waals surface area contributed by atoms with Gasteiger partial charge in [-0.25, -0.2) is 0 Å². The Labute approximate surface area is 121 Å². The Kier molecular flexibility index (Phi) is 3.67. The van der Waals surface area contributed by atoms with E-state index in [1.165, 1.54) is 16.9 Å². The molecule has 0 aliphatic heterocycles. The maximum atomic E-state index is 11.3. The largest absolute Gasteiger partial charge is 0.365 e. The normalized spacial score (nSPS) is 27.0. The van der Waals surface area contributed by atoms with Crippen LogP contribution in [0.3, 0.4) is 0 Å². The van der Waals surface area contributed by atoms with E-state index >= 15 is 0 Å². The van der Waals surface area contributed by atoms with Crippen LogP contribution in [0.25, 0.3) is 10.2 Å². The van der Waals surface area contributed by atoms with Gasteiger partial charge in [0, 0.05) is 19.4 Å². The molecule has 2 N–H and O–H groups in total. The summed E-state index contributed by atoms with van der Waals surface area (Å²) in [7, 11) is 0. The van der Waals surface area contributed by atoms with E-state index in [2.05, 4.69) is 17.1 Å². The Balaban J connectivity index is 1.77. The van der Waals surface area contributed by atoms with Gasteiger partial charge in [-0.1, -0.05) is 17.4 Å².